The highest BCUT2D eigenvalue weighted by Gasteiger charge is 2.19. The van der Waals surface area contributed by atoms with E-state index in [1.165, 1.54) is 49.0 Å². The van der Waals surface area contributed by atoms with Crippen LogP contribution in [0.1, 0.15) is 0 Å². The Kier molecular flexibility index (Phi) is 5.92. The van der Waals surface area contributed by atoms with Gasteiger partial charge in [0.15, 0.2) is 0 Å². The molecule has 0 unspecified atom stereocenters. The highest BCUT2D eigenvalue weighted by Crippen LogP contribution is 2.44. The summed E-state index contributed by atoms with van der Waals surface area (Å²) in [7, 11) is 0. The van der Waals surface area contributed by atoms with Gasteiger partial charge in [0.05, 0.1) is 33.5 Å². The highest BCUT2D eigenvalue weighted by atomic mass is 15.2. The average molecular weight is 649 g/mol. The van der Waals surface area contributed by atoms with Crippen LogP contribution in [0.5, 0.6) is 0 Å². The maximum Gasteiger partial charge on any atom is 0.0972 e. The Bertz CT molecular complexity index is 3150. The predicted octanol–water partition coefficient (Wildman–Crippen LogP) is 12.0. The molecule has 236 valence electrons. The third-order valence-electron chi connectivity index (χ3n) is 10.4. The lowest BCUT2D eigenvalue weighted by Crippen LogP contribution is -1.96. The van der Waals surface area contributed by atoms with Gasteiger partial charge >= 0.3 is 0 Å². The molecule has 11 rings (SSSR count). The van der Waals surface area contributed by atoms with Crippen molar-refractivity contribution in [3.8, 4) is 33.6 Å². The third-order valence-corrected chi connectivity index (χ3v) is 10.4. The number of benzene rings is 7. The predicted molar refractivity (Wildman–Crippen MR) is 212 cm³/mol. The second-order valence-corrected chi connectivity index (χ2v) is 13.3. The Morgan fingerprint density at radius 1 is 0.412 bits per heavy atom. The first-order valence-corrected chi connectivity index (χ1v) is 17.3. The molecule has 11 aromatic rings. The summed E-state index contributed by atoms with van der Waals surface area (Å²) in [6.45, 7) is 0. The smallest absolute Gasteiger partial charge is 0.0972 e. The van der Waals surface area contributed by atoms with Gasteiger partial charge in [0.2, 0.25) is 0 Å². The summed E-state index contributed by atoms with van der Waals surface area (Å²) >= 11 is 0. The number of hydrogen-bond acceptors (Lipinski definition) is 3. The van der Waals surface area contributed by atoms with Crippen molar-refractivity contribution >= 4 is 70.5 Å². The Balaban J connectivity index is 1.12. The maximum atomic E-state index is 5.24. The van der Waals surface area contributed by atoms with Crippen LogP contribution in [0.15, 0.2) is 170 Å². The van der Waals surface area contributed by atoms with Crippen LogP contribution in [0.3, 0.4) is 0 Å². The Labute approximate surface area is 292 Å². The van der Waals surface area contributed by atoms with Crippen molar-refractivity contribution in [1.82, 2.24) is 19.6 Å². The van der Waals surface area contributed by atoms with Crippen LogP contribution in [0.2, 0.25) is 0 Å². The number of pyridine rings is 3. The van der Waals surface area contributed by atoms with Crippen molar-refractivity contribution in [3.63, 3.8) is 0 Å². The van der Waals surface area contributed by atoms with E-state index in [1.54, 1.807) is 0 Å². The summed E-state index contributed by atoms with van der Waals surface area (Å²) < 4.78 is 2.04. The van der Waals surface area contributed by atoms with Gasteiger partial charge in [-0.1, -0.05) is 121 Å². The zero-order valence-corrected chi connectivity index (χ0v) is 27.5. The molecule has 0 saturated heterocycles. The molecule has 51 heavy (non-hydrogen) atoms. The fourth-order valence-electron chi connectivity index (χ4n) is 8.06. The van der Waals surface area contributed by atoms with Crippen molar-refractivity contribution in [2.75, 3.05) is 0 Å². The van der Waals surface area contributed by atoms with Gasteiger partial charge in [-0.3, -0.25) is 4.98 Å². The van der Waals surface area contributed by atoms with Crippen LogP contribution in [0.25, 0.3) is 104 Å². The molecule has 4 aromatic heterocycles. The van der Waals surface area contributed by atoms with Crippen LogP contribution >= 0.6 is 0 Å². The van der Waals surface area contributed by atoms with E-state index in [-0.39, 0.29) is 0 Å². The van der Waals surface area contributed by atoms with Gasteiger partial charge in [-0.15, -0.1) is 0 Å². The summed E-state index contributed by atoms with van der Waals surface area (Å²) in [5.41, 5.74) is 10.5. The molecule has 0 bridgehead atoms. The van der Waals surface area contributed by atoms with Gasteiger partial charge in [0.1, 0.15) is 0 Å². The lowest BCUT2D eigenvalue weighted by molar-refractivity contribution is 0.984. The lowest BCUT2D eigenvalue weighted by Gasteiger charge is -2.18. The van der Waals surface area contributed by atoms with E-state index in [9.17, 15) is 0 Å². The Morgan fingerprint density at radius 2 is 1.02 bits per heavy atom. The van der Waals surface area contributed by atoms with E-state index < -0.39 is 0 Å². The second-order valence-electron chi connectivity index (χ2n) is 13.3. The molecule has 4 nitrogen and oxygen atoms in total. The van der Waals surface area contributed by atoms with Crippen molar-refractivity contribution in [2.45, 2.75) is 0 Å². The second kappa shape index (κ2) is 10.8. The summed E-state index contributed by atoms with van der Waals surface area (Å²) in [4.78, 5) is 9.83. The minimum absolute atomic E-state index is 0.862. The standard InChI is InChI=1S/C47H28N4/c1-2-10-32-27-33(21-18-29(32)9-1)44-35-12-3-5-14-37(35)45(38-15-6-4-13-36(38)44)34-22-24-39-41(28-34)50-51-42(39)16-7-17-43(51)40-25-23-31-20-19-30-11-8-26-48-46(30)47(31)49-40/h1-28H. The molecule has 0 fully saturated rings. The monoisotopic (exact) mass is 648 g/mol. The molecule has 0 radical (unpaired) electrons. The minimum atomic E-state index is 0.862. The van der Waals surface area contributed by atoms with E-state index in [1.807, 2.05) is 16.8 Å². The topological polar surface area (TPSA) is 43.1 Å². The number of fused-ring (bicyclic) bond motifs is 9. The zero-order valence-electron chi connectivity index (χ0n) is 27.5. The fourth-order valence-corrected chi connectivity index (χ4v) is 8.06. The normalized spacial score (nSPS) is 11.9. The minimum Gasteiger partial charge on any atom is -0.254 e. The van der Waals surface area contributed by atoms with Crippen molar-refractivity contribution in [2.24, 2.45) is 0 Å². The summed E-state index contributed by atoms with van der Waals surface area (Å²) in [6.07, 6.45) is 1.83. The molecule has 0 saturated carbocycles. The Morgan fingerprint density at radius 3 is 1.78 bits per heavy atom. The van der Waals surface area contributed by atoms with E-state index in [2.05, 4.69) is 163 Å². The van der Waals surface area contributed by atoms with E-state index in [4.69, 9.17) is 10.1 Å². The molecular weight excluding hydrogens is 621 g/mol. The zero-order chi connectivity index (χ0) is 33.5. The molecule has 0 atom stereocenters. The van der Waals surface area contributed by atoms with Gasteiger partial charge in [0.25, 0.3) is 0 Å². The molecule has 4 heteroatoms. The summed E-state index contributed by atoms with van der Waals surface area (Å²) in [5, 5.41) is 15.9. The van der Waals surface area contributed by atoms with Gasteiger partial charge in [-0.25, -0.2) is 9.50 Å². The van der Waals surface area contributed by atoms with Crippen LogP contribution in [0, 0.1) is 0 Å². The molecule has 0 aliphatic rings. The van der Waals surface area contributed by atoms with Crippen LogP contribution < -0.4 is 0 Å². The molecule has 0 N–H and O–H groups in total. The molecule has 0 amide bonds. The van der Waals surface area contributed by atoms with Gasteiger partial charge in [0, 0.05) is 22.4 Å². The van der Waals surface area contributed by atoms with Gasteiger partial charge in [-0.2, -0.15) is 5.10 Å². The molecule has 4 heterocycles. The van der Waals surface area contributed by atoms with Crippen LogP contribution in [-0.2, 0) is 0 Å². The molecule has 7 aromatic carbocycles. The van der Waals surface area contributed by atoms with Crippen molar-refractivity contribution in [3.05, 3.63) is 170 Å². The van der Waals surface area contributed by atoms with E-state index in [0.717, 1.165) is 55.2 Å². The van der Waals surface area contributed by atoms with Gasteiger partial charge in [-0.05, 0) is 97.0 Å². The SMILES string of the molecule is c1ccc2cc(-c3c4ccccc4c(-c4ccc5c(c4)nn4c(-c6ccc7ccc8cccnc8c7n6)cccc54)c4ccccc34)ccc2c1. The number of hydrogen-bond donors (Lipinski definition) is 0. The number of aromatic nitrogens is 4. The lowest BCUT2D eigenvalue weighted by atomic mass is 9.85. The maximum absolute atomic E-state index is 5.24. The summed E-state index contributed by atoms with van der Waals surface area (Å²) in [5.74, 6) is 0. The first-order valence-electron chi connectivity index (χ1n) is 17.3. The van der Waals surface area contributed by atoms with Crippen LogP contribution in [-0.4, -0.2) is 19.6 Å². The largest absolute Gasteiger partial charge is 0.254 e. The van der Waals surface area contributed by atoms with Gasteiger partial charge < -0.3 is 0 Å². The molecular formula is C47H28N4. The van der Waals surface area contributed by atoms with E-state index >= 15 is 0 Å². The quantitative estimate of drug-likeness (QED) is 0.141. The molecule has 0 aliphatic carbocycles. The Hall–Kier alpha value is -6.91. The number of rotatable bonds is 3. The van der Waals surface area contributed by atoms with Crippen LogP contribution in [0.4, 0.5) is 0 Å². The first-order chi connectivity index (χ1) is 25.3. The van der Waals surface area contributed by atoms with Crippen molar-refractivity contribution < 1.29 is 0 Å². The first kappa shape index (κ1) is 28.0. The van der Waals surface area contributed by atoms with E-state index in [0.29, 0.717) is 0 Å². The van der Waals surface area contributed by atoms with Crippen molar-refractivity contribution in [1.29, 1.82) is 0 Å². The molecule has 0 aliphatic heterocycles. The average Bonchev–Trinajstić information content (AvgIpc) is 3.57. The summed E-state index contributed by atoms with van der Waals surface area (Å²) in [6, 6.07) is 58.6. The highest BCUT2D eigenvalue weighted by molar-refractivity contribution is 6.22. The number of nitrogens with zero attached hydrogens (tertiary/aromatic N) is 4. The molecule has 0 spiro atoms. The fraction of sp³-hybridized carbons (Fsp3) is 0. The third kappa shape index (κ3) is 4.23.